The van der Waals surface area contributed by atoms with Crippen molar-refractivity contribution in [1.82, 2.24) is 5.32 Å². The fourth-order valence-electron chi connectivity index (χ4n) is 3.24. The molecule has 1 fully saturated rings. The SMILES string of the molecule is C[C@H]1[C@@H](NC(=O)COC(=O)CCCOc2ccc(Cl)cc2Cl)CCC[C@@H]1C. The van der Waals surface area contributed by atoms with Crippen LogP contribution in [-0.2, 0) is 14.3 Å². The predicted molar refractivity (Wildman–Crippen MR) is 106 cm³/mol. The monoisotopic (exact) mass is 415 g/mol. The van der Waals surface area contributed by atoms with Gasteiger partial charge in [0.1, 0.15) is 5.75 Å². The van der Waals surface area contributed by atoms with Crippen molar-refractivity contribution in [2.45, 2.75) is 52.0 Å². The molecule has 2 rings (SSSR count). The first kappa shape index (κ1) is 21.8. The maximum atomic E-state index is 12.0. The molecule has 1 aliphatic rings. The standard InChI is InChI=1S/C20H27Cl2NO4/c1-13-5-3-6-17(14(13)2)23-19(24)12-27-20(25)7-4-10-26-18-9-8-15(21)11-16(18)22/h8-9,11,13-14,17H,3-7,10,12H2,1-2H3,(H,23,24)/t13-,14+,17-/m0/s1. The molecule has 1 aliphatic carbocycles. The van der Waals surface area contributed by atoms with Crippen LogP contribution in [0.15, 0.2) is 18.2 Å². The number of ether oxygens (including phenoxy) is 2. The maximum Gasteiger partial charge on any atom is 0.306 e. The highest BCUT2D eigenvalue weighted by Gasteiger charge is 2.28. The van der Waals surface area contributed by atoms with Crippen molar-refractivity contribution < 1.29 is 19.1 Å². The van der Waals surface area contributed by atoms with Crippen LogP contribution < -0.4 is 10.1 Å². The molecule has 150 valence electrons. The molecule has 3 atom stereocenters. The normalized spacial score (nSPS) is 22.1. The zero-order valence-corrected chi connectivity index (χ0v) is 17.3. The van der Waals surface area contributed by atoms with E-state index in [2.05, 4.69) is 19.2 Å². The molecule has 1 amide bonds. The number of hydrogen-bond acceptors (Lipinski definition) is 4. The first-order valence-electron chi connectivity index (χ1n) is 9.39. The van der Waals surface area contributed by atoms with Crippen molar-refractivity contribution >= 4 is 35.1 Å². The van der Waals surface area contributed by atoms with Crippen molar-refractivity contribution in [3.05, 3.63) is 28.2 Å². The third kappa shape index (κ3) is 7.23. The Kier molecular flexibility index (Phi) is 8.71. The van der Waals surface area contributed by atoms with E-state index >= 15 is 0 Å². The lowest BCUT2D eigenvalue weighted by molar-refractivity contribution is -0.149. The van der Waals surface area contributed by atoms with Gasteiger partial charge in [0.25, 0.3) is 5.91 Å². The number of esters is 1. The van der Waals surface area contributed by atoms with Crippen LogP contribution in [0.4, 0.5) is 0 Å². The van der Waals surface area contributed by atoms with E-state index < -0.39 is 5.97 Å². The van der Waals surface area contributed by atoms with Crippen LogP contribution in [-0.4, -0.2) is 31.1 Å². The van der Waals surface area contributed by atoms with E-state index in [0.29, 0.717) is 40.7 Å². The second-order valence-corrected chi connectivity index (χ2v) is 7.97. The molecule has 1 aromatic carbocycles. The van der Waals surface area contributed by atoms with Crippen LogP contribution >= 0.6 is 23.2 Å². The maximum absolute atomic E-state index is 12.0. The van der Waals surface area contributed by atoms with E-state index in [0.717, 1.165) is 12.8 Å². The number of carbonyl (C=O) groups is 2. The molecular formula is C20H27Cl2NO4. The summed E-state index contributed by atoms with van der Waals surface area (Å²) in [5.41, 5.74) is 0. The lowest BCUT2D eigenvalue weighted by Gasteiger charge is -2.34. The first-order chi connectivity index (χ1) is 12.9. The van der Waals surface area contributed by atoms with Crippen molar-refractivity contribution in [2.75, 3.05) is 13.2 Å². The highest BCUT2D eigenvalue weighted by Crippen LogP contribution is 2.29. The number of rotatable bonds is 8. The minimum Gasteiger partial charge on any atom is -0.492 e. The smallest absolute Gasteiger partial charge is 0.306 e. The number of amides is 1. The summed E-state index contributed by atoms with van der Waals surface area (Å²) in [5.74, 6) is 0.903. The quantitative estimate of drug-likeness (QED) is 0.496. The zero-order valence-electron chi connectivity index (χ0n) is 15.8. The summed E-state index contributed by atoms with van der Waals surface area (Å²) in [6.07, 6.45) is 3.95. The largest absolute Gasteiger partial charge is 0.492 e. The molecule has 0 bridgehead atoms. The van der Waals surface area contributed by atoms with Crippen molar-refractivity contribution in [3.63, 3.8) is 0 Å². The number of hydrogen-bond donors (Lipinski definition) is 1. The van der Waals surface area contributed by atoms with E-state index in [1.54, 1.807) is 18.2 Å². The molecule has 7 heteroatoms. The van der Waals surface area contributed by atoms with Crippen LogP contribution in [0.25, 0.3) is 0 Å². The van der Waals surface area contributed by atoms with Crippen LogP contribution in [0.1, 0.15) is 46.0 Å². The lowest BCUT2D eigenvalue weighted by atomic mass is 9.78. The van der Waals surface area contributed by atoms with Gasteiger partial charge in [-0.1, -0.05) is 49.9 Å². The number of carbonyl (C=O) groups excluding carboxylic acids is 2. The molecule has 0 spiro atoms. The third-order valence-electron chi connectivity index (χ3n) is 5.09. The van der Waals surface area contributed by atoms with Crippen LogP contribution in [0, 0.1) is 11.8 Å². The Morgan fingerprint density at radius 3 is 2.74 bits per heavy atom. The van der Waals surface area contributed by atoms with Gasteiger partial charge in [0.15, 0.2) is 6.61 Å². The van der Waals surface area contributed by atoms with E-state index in [1.165, 1.54) is 6.42 Å². The molecule has 5 nitrogen and oxygen atoms in total. The van der Waals surface area contributed by atoms with Gasteiger partial charge in [0, 0.05) is 17.5 Å². The van der Waals surface area contributed by atoms with Gasteiger partial charge in [-0.2, -0.15) is 0 Å². The predicted octanol–water partition coefficient (Wildman–Crippen LogP) is 4.64. The van der Waals surface area contributed by atoms with Gasteiger partial charge in [-0.15, -0.1) is 0 Å². The Morgan fingerprint density at radius 2 is 2.00 bits per heavy atom. The second-order valence-electron chi connectivity index (χ2n) is 7.13. The summed E-state index contributed by atoms with van der Waals surface area (Å²) in [7, 11) is 0. The molecular weight excluding hydrogens is 389 g/mol. The summed E-state index contributed by atoms with van der Waals surface area (Å²) >= 11 is 11.8. The average molecular weight is 416 g/mol. The Balaban J connectivity index is 1.60. The minimum absolute atomic E-state index is 0.164. The van der Waals surface area contributed by atoms with E-state index in [9.17, 15) is 9.59 Å². The summed E-state index contributed by atoms with van der Waals surface area (Å²) in [4.78, 5) is 23.8. The highest BCUT2D eigenvalue weighted by molar-refractivity contribution is 6.35. The Hall–Kier alpha value is -1.46. The van der Waals surface area contributed by atoms with Crippen molar-refractivity contribution in [2.24, 2.45) is 11.8 Å². The van der Waals surface area contributed by atoms with Gasteiger partial charge in [0.2, 0.25) is 0 Å². The summed E-state index contributed by atoms with van der Waals surface area (Å²) < 4.78 is 10.6. The summed E-state index contributed by atoms with van der Waals surface area (Å²) in [6.45, 7) is 4.45. The van der Waals surface area contributed by atoms with Crippen LogP contribution in [0.5, 0.6) is 5.75 Å². The van der Waals surface area contributed by atoms with Crippen molar-refractivity contribution in [1.29, 1.82) is 0 Å². The van der Waals surface area contributed by atoms with Gasteiger partial charge in [-0.25, -0.2) is 0 Å². The van der Waals surface area contributed by atoms with E-state index in [4.69, 9.17) is 32.7 Å². The molecule has 1 saturated carbocycles. The number of nitrogens with one attached hydrogen (secondary N) is 1. The molecule has 27 heavy (non-hydrogen) atoms. The number of halogens is 2. The Morgan fingerprint density at radius 1 is 1.22 bits per heavy atom. The van der Waals surface area contributed by atoms with Gasteiger partial charge >= 0.3 is 5.97 Å². The average Bonchev–Trinajstić information content (AvgIpc) is 2.62. The van der Waals surface area contributed by atoms with Crippen LogP contribution in [0.2, 0.25) is 10.0 Å². The second kappa shape index (κ2) is 10.8. The fraction of sp³-hybridized carbons (Fsp3) is 0.600. The van der Waals surface area contributed by atoms with E-state index in [-0.39, 0.29) is 25.0 Å². The topological polar surface area (TPSA) is 64.6 Å². The molecule has 0 radical (unpaired) electrons. The Labute approximate surface area is 170 Å². The zero-order chi connectivity index (χ0) is 19.8. The van der Waals surface area contributed by atoms with Gasteiger partial charge in [0.05, 0.1) is 11.6 Å². The highest BCUT2D eigenvalue weighted by atomic mass is 35.5. The molecule has 1 aromatic rings. The summed E-state index contributed by atoms with van der Waals surface area (Å²) in [5, 5.41) is 3.95. The van der Waals surface area contributed by atoms with Crippen LogP contribution in [0.3, 0.4) is 0 Å². The first-order valence-corrected chi connectivity index (χ1v) is 10.1. The number of benzene rings is 1. The van der Waals surface area contributed by atoms with Crippen molar-refractivity contribution in [3.8, 4) is 5.75 Å². The van der Waals surface area contributed by atoms with E-state index in [1.807, 2.05) is 0 Å². The van der Waals surface area contributed by atoms with Gasteiger partial charge < -0.3 is 14.8 Å². The van der Waals surface area contributed by atoms with Gasteiger partial charge in [-0.3, -0.25) is 9.59 Å². The molecule has 0 heterocycles. The molecule has 0 aliphatic heterocycles. The molecule has 1 N–H and O–H groups in total. The lowest BCUT2D eigenvalue weighted by Crippen LogP contribution is -2.45. The minimum atomic E-state index is -0.416. The molecule has 0 saturated heterocycles. The third-order valence-corrected chi connectivity index (χ3v) is 5.62. The molecule has 0 aromatic heterocycles. The Bertz CT molecular complexity index is 653. The summed E-state index contributed by atoms with van der Waals surface area (Å²) in [6, 6.07) is 5.13. The fourth-order valence-corrected chi connectivity index (χ4v) is 3.71. The molecule has 0 unspecified atom stereocenters. The van der Waals surface area contributed by atoms with Gasteiger partial charge in [-0.05, 0) is 42.9 Å².